The molecule has 2 atom stereocenters. The molecule has 1 unspecified atom stereocenters. The molecule has 3 rings (SSSR count). The lowest BCUT2D eigenvalue weighted by molar-refractivity contribution is 0.197. The van der Waals surface area contributed by atoms with E-state index in [4.69, 9.17) is 0 Å². The molecule has 1 aliphatic carbocycles. The highest BCUT2D eigenvalue weighted by Crippen LogP contribution is 2.31. The smallest absolute Gasteiger partial charge is 0.131 e. The van der Waals surface area contributed by atoms with Crippen molar-refractivity contribution in [1.82, 2.24) is 9.97 Å². The number of nitrogens with zero attached hydrogens (tertiary/aromatic N) is 2. The lowest BCUT2D eigenvalue weighted by atomic mass is 9.83. The second-order valence-corrected chi connectivity index (χ2v) is 5.65. The van der Waals surface area contributed by atoms with Gasteiger partial charge in [-0.15, -0.1) is 0 Å². The van der Waals surface area contributed by atoms with E-state index < -0.39 is 6.10 Å². The number of aromatic nitrogens is 2. The molecule has 104 valence electrons. The Hall–Kier alpha value is -1.74. The quantitative estimate of drug-likeness (QED) is 0.910. The van der Waals surface area contributed by atoms with Crippen LogP contribution < -0.4 is 0 Å². The predicted octanol–water partition coefficient (Wildman–Crippen LogP) is 3.11. The molecule has 0 saturated carbocycles. The second kappa shape index (κ2) is 5.33. The van der Waals surface area contributed by atoms with Crippen molar-refractivity contribution in [1.29, 1.82) is 0 Å². The highest BCUT2D eigenvalue weighted by Gasteiger charge is 2.22. The van der Waals surface area contributed by atoms with E-state index in [-0.39, 0.29) is 0 Å². The van der Waals surface area contributed by atoms with Crippen molar-refractivity contribution >= 4 is 0 Å². The number of aliphatic hydroxyl groups is 1. The first-order chi connectivity index (χ1) is 9.65. The number of rotatable bonds is 2. The van der Waals surface area contributed by atoms with Crippen molar-refractivity contribution in [3.05, 3.63) is 58.7 Å². The van der Waals surface area contributed by atoms with Gasteiger partial charge in [-0.3, -0.25) is 0 Å². The molecule has 1 aromatic heterocycles. The van der Waals surface area contributed by atoms with E-state index in [9.17, 15) is 5.11 Å². The Labute approximate surface area is 119 Å². The molecule has 0 aliphatic heterocycles. The molecule has 0 bridgehead atoms. The van der Waals surface area contributed by atoms with Gasteiger partial charge in [0.25, 0.3) is 0 Å². The van der Waals surface area contributed by atoms with Crippen LogP contribution in [0.5, 0.6) is 0 Å². The molecule has 0 fully saturated rings. The van der Waals surface area contributed by atoms with Crippen LogP contribution in [0.15, 0.2) is 30.5 Å². The fourth-order valence-corrected chi connectivity index (χ4v) is 3.02. The molecule has 3 heteroatoms. The standard InChI is InChI=1S/C17H20N2O/c1-11-16(12(2)20)10-18-17(19-11)15-8-7-13-5-3-4-6-14(13)9-15/h3-6,10,12,15,20H,7-9H2,1-2H3/t12-,15?/m1/s1. The fraction of sp³-hybridized carbons (Fsp3) is 0.412. The van der Waals surface area contributed by atoms with Crippen LogP contribution in [0.1, 0.15) is 53.6 Å². The summed E-state index contributed by atoms with van der Waals surface area (Å²) in [6.45, 7) is 3.70. The molecule has 1 heterocycles. The summed E-state index contributed by atoms with van der Waals surface area (Å²) >= 11 is 0. The molecule has 0 saturated heterocycles. The molecule has 1 N–H and O–H groups in total. The van der Waals surface area contributed by atoms with Gasteiger partial charge in [-0.1, -0.05) is 24.3 Å². The van der Waals surface area contributed by atoms with E-state index in [1.165, 1.54) is 11.1 Å². The monoisotopic (exact) mass is 268 g/mol. The van der Waals surface area contributed by atoms with Crippen LogP contribution >= 0.6 is 0 Å². The van der Waals surface area contributed by atoms with E-state index in [1.807, 2.05) is 6.92 Å². The van der Waals surface area contributed by atoms with Crippen LogP contribution in [0.25, 0.3) is 0 Å². The molecule has 20 heavy (non-hydrogen) atoms. The summed E-state index contributed by atoms with van der Waals surface area (Å²) in [5, 5.41) is 9.66. The highest BCUT2D eigenvalue weighted by molar-refractivity contribution is 5.32. The van der Waals surface area contributed by atoms with Crippen LogP contribution in [0.3, 0.4) is 0 Å². The summed E-state index contributed by atoms with van der Waals surface area (Å²) in [5.74, 6) is 1.31. The van der Waals surface area contributed by atoms with Crippen molar-refractivity contribution in [2.75, 3.05) is 0 Å². The summed E-state index contributed by atoms with van der Waals surface area (Å²) in [7, 11) is 0. The van der Waals surface area contributed by atoms with Crippen molar-refractivity contribution in [3.63, 3.8) is 0 Å². The van der Waals surface area contributed by atoms with Crippen molar-refractivity contribution in [2.45, 2.75) is 45.1 Å². The summed E-state index contributed by atoms with van der Waals surface area (Å²) in [4.78, 5) is 9.11. The number of fused-ring (bicyclic) bond motifs is 1. The first-order valence-electron chi connectivity index (χ1n) is 7.23. The molecule has 0 amide bonds. The fourth-order valence-electron chi connectivity index (χ4n) is 3.02. The largest absolute Gasteiger partial charge is 0.389 e. The molecule has 2 aromatic rings. The Morgan fingerprint density at radius 1 is 1.25 bits per heavy atom. The molecule has 1 aliphatic rings. The summed E-state index contributed by atoms with van der Waals surface area (Å²) in [6, 6.07) is 8.63. The molecule has 0 spiro atoms. The first kappa shape index (κ1) is 13.3. The minimum atomic E-state index is -0.504. The van der Waals surface area contributed by atoms with Crippen molar-refractivity contribution in [3.8, 4) is 0 Å². The Bertz CT molecular complexity index is 622. The van der Waals surface area contributed by atoms with Gasteiger partial charge in [0.2, 0.25) is 0 Å². The van der Waals surface area contributed by atoms with Gasteiger partial charge in [0.1, 0.15) is 5.82 Å². The summed E-state index contributed by atoms with van der Waals surface area (Å²) in [6.07, 6.45) is 4.49. The zero-order chi connectivity index (χ0) is 14.1. The van der Waals surface area contributed by atoms with Crippen molar-refractivity contribution in [2.24, 2.45) is 0 Å². The zero-order valence-electron chi connectivity index (χ0n) is 12.0. The maximum Gasteiger partial charge on any atom is 0.131 e. The van der Waals surface area contributed by atoms with Gasteiger partial charge in [0.15, 0.2) is 0 Å². The minimum absolute atomic E-state index is 0.395. The molecular weight excluding hydrogens is 248 g/mol. The van der Waals surface area contributed by atoms with Gasteiger partial charge >= 0.3 is 0 Å². The maximum atomic E-state index is 9.66. The molecule has 3 nitrogen and oxygen atoms in total. The Morgan fingerprint density at radius 3 is 2.70 bits per heavy atom. The van der Waals surface area contributed by atoms with E-state index in [1.54, 1.807) is 13.1 Å². The van der Waals surface area contributed by atoms with Gasteiger partial charge in [-0.05, 0) is 44.2 Å². The third kappa shape index (κ3) is 2.46. The van der Waals surface area contributed by atoms with Crippen LogP contribution in [0.4, 0.5) is 0 Å². The van der Waals surface area contributed by atoms with Crippen LogP contribution in [0.2, 0.25) is 0 Å². The molecular formula is C17H20N2O. The number of aryl methyl sites for hydroxylation is 2. The van der Waals surface area contributed by atoms with Gasteiger partial charge in [0.05, 0.1) is 6.10 Å². The maximum absolute atomic E-state index is 9.66. The third-order valence-corrected chi connectivity index (χ3v) is 4.20. The minimum Gasteiger partial charge on any atom is -0.389 e. The van der Waals surface area contributed by atoms with Gasteiger partial charge in [0, 0.05) is 23.4 Å². The number of hydrogen-bond acceptors (Lipinski definition) is 3. The topological polar surface area (TPSA) is 46.0 Å². The normalized spacial score (nSPS) is 19.4. The van der Waals surface area contributed by atoms with E-state index in [0.29, 0.717) is 5.92 Å². The Balaban J connectivity index is 1.86. The van der Waals surface area contributed by atoms with E-state index in [0.717, 1.165) is 36.3 Å². The lowest BCUT2D eigenvalue weighted by Gasteiger charge is -2.24. The summed E-state index contributed by atoms with van der Waals surface area (Å²) in [5.41, 5.74) is 4.60. The van der Waals surface area contributed by atoms with Crippen molar-refractivity contribution < 1.29 is 5.11 Å². The Kier molecular flexibility index (Phi) is 3.53. The van der Waals surface area contributed by atoms with E-state index in [2.05, 4.69) is 34.2 Å². The van der Waals surface area contributed by atoms with Crippen LogP contribution in [-0.2, 0) is 12.8 Å². The average Bonchev–Trinajstić information content (AvgIpc) is 2.46. The van der Waals surface area contributed by atoms with Gasteiger partial charge < -0.3 is 5.11 Å². The molecule has 0 radical (unpaired) electrons. The lowest BCUT2D eigenvalue weighted by Crippen LogP contribution is -2.16. The second-order valence-electron chi connectivity index (χ2n) is 5.65. The number of hydrogen-bond donors (Lipinski definition) is 1. The first-order valence-corrected chi connectivity index (χ1v) is 7.23. The average molecular weight is 268 g/mol. The SMILES string of the molecule is Cc1nc(C2CCc3ccccc3C2)ncc1[C@@H](C)O. The number of benzene rings is 1. The van der Waals surface area contributed by atoms with Crippen LogP contribution in [-0.4, -0.2) is 15.1 Å². The zero-order valence-corrected chi connectivity index (χ0v) is 12.0. The van der Waals surface area contributed by atoms with E-state index >= 15 is 0 Å². The third-order valence-electron chi connectivity index (χ3n) is 4.20. The Morgan fingerprint density at radius 2 is 2.00 bits per heavy atom. The van der Waals surface area contributed by atoms with Gasteiger partial charge in [-0.25, -0.2) is 9.97 Å². The van der Waals surface area contributed by atoms with Crippen LogP contribution in [0, 0.1) is 6.92 Å². The summed E-state index contributed by atoms with van der Waals surface area (Å²) < 4.78 is 0. The molecule has 1 aromatic carbocycles. The number of aliphatic hydroxyl groups excluding tert-OH is 1. The van der Waals surface area contributed by atoms with Gasteiger partial charge in [-0.2, -0.15) is 0 Å². The highest BCUT2D eigenvalue weighted by atomic mass is 16.3. The predicted molar refractivity (Wildman–Crippen MR) is 78.6 cm³/mol.